The Balaban J connectivity index is 0.00000220. The molecule has 21 heavy (non-hydrogen) atoms. The Morgan fingerprint density at radius 3 is 2.29 bits per heavy atom. The summed E-state index contributed by atoms with van der Waals surface area (Å²) in [5.41, 5.74) is 7.49. The highest BCUT2D eigenvalue weighted by molar-refractivity contribution is 5.99. The van der Waals surface area contributed by atoms with Crippen LogP contribution in [0.25, 0.3) is 0 Å². The van der Waals surface area contributed by atoms with Crippen LogP contribution in [-0.2, 0) is 6.54 Å². The quantitative estimate of drug-likeness (QED) is 0.477. The summed E-state index contributed by atoms with van der Waals surface area (Å²) >= 11 is 0. The van der Waals surface area contributed by atoms with E-state index in [0.717, 1.165) is 29.9 Å². The van der Waals surface area contributed by atoms with Gasteiger partial charge in [-0.3, -0.25) is 5.43 Å². The average molecular weight is 348 g/mol. The van der Waals surface area contributed by atoms with Crippen molar-refractivity contribution in [2.45, 2.75) is 33.7 Å². The Kier molecular flexibility index (Phi) is 7.09. The summed E-state index contributed by atoms with van der Waals surface area (Å²) in [4.78, 5) is 0. The SMILES string of the molecule is CCC[n+]1ccc(N/N=C(\C)c2ccc(C)cc2)cc1.[Br-]. The van der Waals surface area contributed by atoms with Crippen LogP contribution in [0.2, 0.25) is 0 Å². The van der Waals surface area contributed by atoms with Gasteiger partial charge in [0.15, 0.2) is 12.4 Å². The summed E-state index contributed by atoms with van der Waals surface area (Å²) in [6, 6.07) is 12.5. The third kappa shape index (κ3) is 5.31. The van der Waals surface area contributed by atoms with Gasteiger partial charge < -0.3 is 17.0 Å². The minimum absolute atomic E-state index is 0. The van der Waals surface area contributed by atoms with E-state index in [-0.39, 0.29) is 17.0 Å². The van der Waals surface area contributed by atoms with Crippen molar-refractivity contribution in [1.82, 2.24) is 0 Å². The molecule has 1 aromatic carbocycles. The van der Waals surface area contributed by atoms with E-state index in [1.54, 1.807) is 0 Å². The van der Waals surface area contributed by atoms with Crippen LogP contribution in [0.1, 0.15) is 31.4 Å². The first kappa shape index (κ1) is 17.4. The number of benzene rings is 1. The molecule has 0 spiro atoms. The number of halogens is 1. The van der Waals surface area contributed by atoms with E-state index >= 15 is 0 Å². The summed E-state index contributed by atoms with van der Waals surface area (Å²) in [7, 11) is 0. The lowest BCUT2D eigenvalue weighted by atomic mass is 10.1. The molecule has 2 aromatic rings. The van der Waals surface area contributed by atoms with Crippen LogP contribution < -0.4 is 27.0 Å². The lowest BCUT2D eigenvalue weighted by molar-refractivity contribution is -0.696. The molecule has 0 amide bonds. The zero-order chi connectivity index (χ0) is 14.4. The molecule has 0 aliphatic heterocycles. The minimum atomic E-state index is 0. The number of nitrogens with zero attached hydrogens (tertiary/aromatic N) is 2. The van der Waals surface area contributed by atoms with E-state index in [4.69, 9.17) is 0 Å². The first-order chi connectivity index (χ1) is 9.69. The maximum Gasteiger partial charge on any atom is 0.170 e. The second-order valence-corrected chi connectivity index (χ2v) is 5.00. The van der Waals surface area contributed by atoms with E-state index in [0.29, 0.717) is 0 Å². The van der Waals surface area contributed by atoms with E-state index in [9.17, 15) is 0 Å². The summed E-state index contributed by atoms with van der Waals surface area (Å²) in [6.07, 6.45) is 5.28. The van der Waals surface area contributed by atoms with Crippen molar-refractivity contribution in [3.05, 3.63) is 59.9 Å². The number of hydrogen-bond donors (Lipinski definition) is 1. The first-order valence-corrected chi connectivity index (χ1v) is 7.05. The Bertz CT molecular complexity index is 574. The predicted molar refractivity (Wildman–Crippen MR) is 83.9 cm³/mol. The second kappa shape index (κ2) is 8.57. The highest BCUT2D eigenvalue weighted by atomic mass is 79.9. The van der Waals surface area contributed by atoms with E-state index in [1.807, 2.05) is 19.1 Å². The molecule has 112 valence electrons. The topological polar surface area (TPSA) is 28.3 Å². The van der Waals surface area contributed by atoms with E-state index in [1.165, 1.54) is 5.56 Å². The normalized spacial score (nSPS) is 10.9. The number of pyridine rings is 1. The monoisotopic (exact) mass is 347 g/mol. The van der Waals surface area contributed by atoms with Crippen LogP contribution in [0.15, 0.2) is 53.9 Å². The number of hydrazone groups is 1. The third-order valence-electron chi connectivity index (χ3n) is 3.19. The third-order valence-corrected chi connectivity index (χ3v) is 3.19. The van der Waals surface area contributed by atoms with Gasteiger partial charge in [0.25, 0.3) is 0 Å². The van der Waals surface area contributed by atoms with Gasteiger partial charge in [0.05, 0.1) is 11.4 Å². The molecule has 0 bridgehead atoms. The van der Waals surface area contributed by atoms with Crippen molar-refractivity contribution >= 4 is 11.4 Å². The molecule has 0 atom stereocenters. The van der Waals surface area contributed by atoms with E-state index < -0.39 is 0 Å². The van der Waals surface area contributed by atoms with Gasteiger partial charge in [-0.05, 0) is 19.4 Å². The highest BCUT2D eigenvalue weighted by Crippen LogP contribution is 2.07. The number of hydrogen-bond acceptors (Lipinski definition) is 2. The molecule has 2 rings (SSSR count). The molecule has 0 saturated carbocycles. The molecule has 0 aliphatic carbocycles. The van der Waals surface area contributed by atoms with Crippen molar-refractivity contribution in [3.8, 4) is 0 Å². The first-order valence-electron chi connectivity index (χ1n) is 7.05. The van der Waals surface area contributed by atoms with Crippen molar-refractivity contribution in [2.24, 2.45) is 5.10 Å². The number of aryl methyl sites for hydroxylation is 2. The second-order valence-electron chi connectivity index (χ2n) is 5.00. The Labute approximate surface area is 137 Å². The molecule has 1 aromatic heterocycles. The van der Waals surface area contributed by atoms with Gasteiger partial charge in [-0.1, -0.05) is 36.8 Å². The highest BCUT2D eigenvalue weighted by Gasteiger charge is 2.00. The summed E-state index contributed by atoms with van der Waals surface area (Å²) < 4.78 is 2.17. The summed E-state index contributed by atoms with van der Waals surface area (Å²) in [5.74, 6) is 0. The fourth-order valence-electron chi connectivity index (χ4n) is 1.95. The van der Waals surface area contributed by atoms with Crippen molar-refractivity contribution in [1.29, 1.82) is 0 Å². The number of anilines is 1. The number of aromatic nitrogens is 1. The molecule has 0 aliphatic rings. The fourth-order valence-corrected chi connectivity index (χ4v) is 1.95. The molecule has 1 heterocycles. The van der Waals surface area contributed by atoms with Crippen LogP contribution >= 0.6 is 0 Å². The van der Waals surface area contributed by atoms with Gasteiger partial charge in [-0.25, -0.2) is 4.57 Å². The lowest BCUT2D eigenvalue weighted by Gasteiger charge is -2.03. The number of nitrogens with one attached hydrogen (secondary N) is 1. The van der Waals surface area contributed by atoms with Gasteiger partial charge >= 0.3 is 0 Å². The zero-order valence-corrected chi connectivity index (χ0v) is 14.4. The molecule has 0 radical (unpaired) electrons. The van der Waals surface area contributed by atoms with Crippen LogP contribution in [0.4, 0.5) is 5.69 Å². The van der Waals surface area contributed by atoms with Crippen molar-refractivity contribution < 1.29 is 21.5 Å². The minimum Gasteiger partial charge on any atom is -1.00 e. The standard InChI is InChI=1S/C17H21N3.BrH/c1-4-11-20-12-9-17(10-13-20)19-18-15(3)16-7-5-14(2)6-8-16;/h5-10,12-13H,4,11H2,1-3H3;1H/b18-15+;. The van der Waals surface area contributed by atoms with Crippen molar-refractivity contribution in [2.75, 3.05) is 5.43 Å². The van der Waals surface area contributed by atoms with Gasteiger partial charge in [0.2, 0.25) is 0 Å². The van der Waals surface area contributed by atoms with Crippen LogP contribution in [0.5, 0.6) is 0 Å². The predicted octanol–water partition coefficient (Wildman–Crippen LogP) is 0.533. The maximum absolute atomic E-state index is 4.43. The largest absolute Gasteiger partial charge is 1.00 e. The lowest BCUT2D eigenvalue weighted by Crippen LogP contribution is -3.00. The molecule has 0 saturated heterocycles. The van der Waals surface area contributed by atoms with Gasteiger partial charge in [0, 0.05) is 18.6 Å². The molecule has 1 N–H and O–H groups in total. The van der Waals surface area contributed by atoms with Gasteiger partial charge in [-0.2, -0.15) is 5.10 Å². The molecular weight excluding hydrogens is 326 g/mol. The Morgan fingerprint density at radius 1 is 1.10 bits per heavy atom. The molecular formula is C17H22BrN3. The Hall–Kier alpha value is -1.68. The molecule has 0 fully saturated rings. The van der Waals surface area contributed by atoms with Crippen LogP contribution in [0, 0.1) is 6.92 Å². The van der Waals surface area contributed by atoms with E-state index in [2.05, 4.69) is 65.6 Å². The van der Waals surface area contributed by atoms with Crippen LogP contribution in [0.3, 0.4) is 0 Å². The fraction of sp³-hybridized carbons (Fsp3) is 0.294. The maximum atomic E-state index is 4.43. The zero-order valence-electron chi connectivity index (χ0n) is 12.8. The van der Waals surface area contributed by atoms with Gasteiger partial charge in [-0.15, -0.1) is 0 Å². The molecule has 4 heteroatoms. The molecule has 0 unspecified atom stereocenters. The summed E-state index contributed by atoms with van der Waals surface area (Å²) in [5, 5.41) is 4.43. The summed E-state index contributed by atoms with van der Waals surface area (Å²) in [6.45, 7) is 7.32. The van der Waals surface area contributed by atoms with Crippen LogP contribution in [-0.4, -0.2) is 5.71 Å². The average Bonchev–Trinajstić information content (AvgIpc) is 2.47. The molecule has 3 nitrogen and oxygen atoms in total. The van der Waals surface area contributed by atoms with Gasteiger partial charge in [0.1, 0.15) is 6.54 Å². The number of rotatable bonds is 5. The smallest absolute Gasteiger partial charge is 0.170 e. The Morgan fingerprint density at radius 2 is 1.71 bits per heavy atom. The van der Waals surface area contributed by atoms with Crippen molar-refractivity contribution in [3.63, 3.8) is 0 Å².